The van der Waals surface area contributed by atoms with E-state index in [-0.39, 0.29) is 0 Å². The van der Waals surface area contributed by atoms with E-state index in [0.717, 1.165) is 64.3 Å². The van der Waals surface area contributed by atoms with Gasteiger partial charge < -0.3 is 31.7 Å². The molecule has 0 aliphatic carbocycles. The van der Waals surface area contributed by atoms with Gasteiger partial charge in [0.15, 0.2) is 0 Å². The van der Waals surface area contributed by atoms with Crippen molar-refractivity contribution in [3.05, 3.63) is 29.8 Å². The summed E-state index contributed by atoms with van der Waals surface area (Å²) in [6, 6.07) is 8.34. The van der Waals surface area contributed by atoms with Crippen molar-refractivity contribution in [1.82, 2.24) is 26.6 Å². The molecule has 0 spiro atoms. The zero-order valence-corrected chi connectivity index (χ0v) is 14.8. The first kappa shape index (κ1) is 19.1. The molecule has 1 aliphatic heterocycles. The Labute approximate surface area is 145 Å². The lowest BCUT2D eigenvalue weighted by Gasteiger charge is -2.22. The normalized spacial score (nSPS) is 25.5. The van der Waals surface area contributed by atoms with Crippen LogP contribution in [0.1, 0.15) is 12.5 Å². The van der Waals surface area contributed by atoms with Gasteiger partial charge in [-0.15, -0.1) is 0 Å². The van der Waals surface area contributed by atoms with Gasteiger partial charge in [-0.25, -0.2) is 0 Å². The van der Waals surface area contributed by atoms with Crippen molar-refractivity contribution in [2.24, 2.45) is 0 Å². The summed E-state index contributed by atoms with van der Waals surface area (Å²) in [4.78, 5) is 0. The standard InChI is InChI=1S/C18H33N5O/c1-15-13-21-8-7-19-5-6-20-9-10-22-17(14-23-15)11-16-3-2-4-18(24)12-16/h2-4,12,15,17,19-24H,5-11,13-14H2,1H3/t15-,17?/m1/s1. The van der Waals surface area contributed by atoms with Crippen LogP contribution < -0.4 is 26.6 Å². The number of hydrogen-bond donors (Lipinski definition) is 6. The van der Waals surface area contributed by atoms with E-state index in [2.05, 4.69) is 39.6 Å². The Morgan fingerprint density at radius 3 is 2.38 bits per heavy atom. The molecule has 1 fully saturated rings. The topological polar surface area (TPSA) is 80.4 Å². The third kappa shape index (κ3) is 8.08. The van der Waals surface area contributed by atoms with Crippen molar-refractivity contribution in [3.8, 4) is 5.75 Å². The summed E-state index contributed by atoms with van der Waals surface area (Å²) in [5.41, 5.74) is 1.16. The van der Waals surface area contributed by atoms with Gasteiger partial charge >= 0.3 is 0 Å². The first-order valence-corrected chi connectivity index (χ1v) is 9.11. The van der Waals surface area contributed by atoms with Crippen LogP contribution in [0.25, 0.3) is 0 Å². The summed E-state index contributed by atoms with van der Waals surface area (Å²) in [5.74, 6) is 0.337. The first-order valence-electron chi connectivity index (χ1n) is 9.11. The number of phenols is 1. The fourth-order valence-electron chi connectivity index (χ4n) is 2.89. The molecule has 6 heteroatoms. The number of benzene rings is 1. The largest absolute Gasteiger partial charge is 0.508 e. The smallest absolute Gasteiger partial charge is 0.115 e. The van der Waals surface area contributed by atoms with Crippen LogP contribution in [0.3, 0.4) is 0 Å². The number of aromatic hydroxyl groups is 1. The lowest BCUT2D eigenvalue weighted by molar-refractivity contribution is 0.426. The minimum Gasteiger partial charge on any atom is -0.508 e. The molecular formula is C18H33N5O. The van der Waals surface area contributed by atoms with E-state index in [0.29, 0.717) is 17.8 Å². The molecule has 1 heterocycles. The summed E-state index contributed by atoms with van der Waals surface area (Å²) in [6.45, 7) is 10.0. The number of hydrogen-bond acceptors (Lipinski definition) is 6. The van der Waals surface area contributed by atoms with E-state index in [9.17, 15) is 5.11 Å². The number of phenolic OH excluding ortho intramolecular Hbond substituents is 1. The Kier molecular flexibility index (Phi) is 9.09. The van der Waals surface area contributed by atoms with E-state index in [1.165, 1.54) is 0 Å². The molecule has 6 nitrogen and oxygen atoms in total. The van der Waals surface area contributed by atoms with E-state index < -0.39 is 0 Å². The quantitative estimate of drug-likeness (QED) is 0.444. The molecule has 2 rings (SSSR count). The summed E-state index contributed by atoms with van der Waals surface area (Å²) >= 11 is 0. The van der Waals surface area contributed by atoms with Crippen LogP contribution in [0.4, 0.5) is 0 Å². The van der Waals surface area contributed by atoms with Crippen molar-refractivity contribution in [2.75, 3.05) is 52.4 Å². The van der Waals surface area contributed by atoms with E-state index in [1.807, 2.05) is 12.1 Å². The Morgan fingerprint density at radius 2 is 1.62 bits per heavy atom. The van der Waals surface area contributed by atoms with Gasteiger partial charge in [0, 0.05) is 64.4 Å². The van der Waals surface area contributed by atoms with Crippen LogP contribution in [0, 0.1) is 0 Å². The molecule has 0 bridgehead atoms. The van der Waals surface area contributed by atoms with Crippen molar-refractivity contribution < 1.29 is 5.11 Å². The van der Waals surface area contributed by atoms with Gasteiger partial charge in [-0.1, -0.05) is 12.1 Å². The van der Waals surface area contributed by atoms with Crippen molar-refractivity contribution in [2.45, 2.75) is 25.4 Å². The highest BCUT2D eigenvalue weighted by molar-refractivity contribution is 5.27. The highest BCUT2D eigenvalue weighted by Gasteiger charge is 2.11. The van der Waals surface area contributed by atoms with Gasteiger partial charge in [0.05, 0.1) is 0 Å². The zero-order valence-electron chi connectivity index (χ0n) is 14.8. The molecule has 24 heavy (non-hydrogen) atoms. The Morgan fingerprint density at radius 1 is 0.917 bits per heavy atom. The SMILES string of the molecule is C[C@@H]1CNCCNCCNCCNC(Cc2cccc(O)c2)CN1. The van der Waals surface area contributed by atoms with Crippen LogP contribution >= 0.6 is 0 Å². The third-order valence-corrected chi connectivity index (χ3v) is 4.25. The predicted octanol–water partition coefficient (Wildman–Crippen LogP) is -0.347. The molecule has 0 aromatic heterocycles. The number of nitrogens with one attached hydrogen (secondary N) is 5. The maximum Gasteiger partial charge on any atom is 0.115 e. The fraction of sp³-hybridized carbons (Fsp3) is 0.667. The summed E-state index contributed by atoms with van der Waals surface area (Å²) < 4.78 is 0. The Balaban J connectivity index is 1.87. The second-order valence-electron chi connectivity index (χ2n) is 6.54. The second-order valence-corrected chi connectivity index (χ2v) is 6.54. The molecule has 0 radical (unpaired) electrons. The molecule has 0 saturated carbocycles. The second kappa shape index (κ2) is 11.4. The van der Waals surface area contributed by atoms with Crippen LogP contribution in [-0.4, -0.2) is 69.5 Å². The average Bonchev–Trinajstić information content (AvgIpc) is 2.57. The molecule has 2 atom stereocenters. The van der Waals surface area contributed by atoms with Crippen LogP contribution in [0.2, 0.25) is 0 Å². The van der Waals surface area contributed by atoms with Gasteiger partial charge in [-0.3, -0.25) is 0 Å². The van der Waals surface area contributed by atoms with Gasteiger partial charge in [0.2, 0.25) is 0 Å². The minimum absolute atomic E-state index is 0.337. The predicted molar refractivity (Wildman–Crippen MR) is 99.7 cm³/mol. The lowest BCUT2D eigenvalue weighted by Crippen LogP contribution is -2.47. The van der Waals surface area contributed by atoms with Gasteiger partial charge in [-0.2, -0.15) is 0 Å². The van der Waals surface area contributed by atoms with Crippen molar-refractivity contribution in [3.63, 3.8) is 0 Å². The van der Waals surface area contributed by atoms with E-state index >= 15 is 0 Å². The molecular weight excluding hydrogens is 302 g/mol. The van der Waals surface area contributed by atoms with Gasteiger partial charge in [0.25, 0.3) is 0 Å². The average molecular weight is 335 g/mol. The minimum atomic E-state index is 0.337. The van der Waals surface area contributed by atoms with Crippen molar-refractivity contribution in [1.29, 1.82) is 0 Å². The Hall–Kier alpha value is -1.18. The van der Waals surface area contributed by atoms with Crippen LogP contribution in [0.5, 0.6) is 5.75 Å². The highest BCUT2D eigenvalue weighted by Crippen LogP contribution is 2.12. The van der Waals surface area contributed by atoms with Crippen molar-refractivity contribution >= 4 is 0 Å². The van der Waals surface area contributed by atoms with E-state index in [4.69, 9.17) is 0 Å². The molecule has 1 aromatic rings. The molecule has 1 unspecified atom stereocenters. The third-order valence-electron chi connectivity index (χ3n) is 4.25. The fourth-order valence-corrected chi connectivity index (χ4v) is 2.89. The molecule has 136 valence electrons. The molecule has 0 amide bonds. The van der Waals surface area contributed by atoms with Crippen LogP contribution in [-0.2, 0) is 6.42 Å². The molecule has 1 aromatic carbocycles. The first-order chi connectivity index (χ1) is 11.7. The molecule has 1 saturated heterocycles. The highest BCUT2D eigenvalue weighted by atomic mass is 16.3. The van der Waals surface area contributed by atoms with Crippen LogP contribution in [0.15, 0.2) is 24.3 Å². The maximum absolute atomic E-state index is 9.66. The maximum atomic E-state index is 9.66. The lowest BCUT2D eigenvalue weighted by atomic mass is 10.1. The van der Waals surface area contributed by atoms with E-state index in [1.54, 1.807) is 6.07 Å². The Bertz CT molecular complexity index is 457. The molecule has 1 aliphatic rings. The summed E-state index contributed by atoms with van der Waals surface area (Å²) in [7, 11) is 0. The zero-order chi connectivity index (χ0) is 17.0. The van der Waals surface area contributed by atoms with Gasteiger partial charge in [-0.05, 0) is 31.0 Å². The molecule has 6 N–H and O–H groups in total. The monoisotopic (exact) mass is 335 g/mol. The number of rotatable bonds is 2. The summed E-state index contributed by atoms with van der Waals surface area (Å²) in [6.07, 6.45) is 0.906. The summed E-state index contributed by atoms with van der Waals surface area (Å²) in [5, 5.41) is 27.3. The van der Waals surface area contributed by atoms with Gasteiger partial charge in [0.1, 0.15) is 5.75 Å².